The van der Waals surface area contributed by atoms with Gasteiger partial charge in [0, 0.05) is 11.1 Å². The topological polar surface area (TPSA) is 56.6 Å². The van der Waals surface area contributed by atoms with E-state index >= 15 is 0 Å². The molecule has 1 aromatic heterocycles. The molecule has 0 N–H and O–H groups in total. The SMILES string of the molecule is Cc1cc(C)n(OC(=O)C(C)ON2C(C)(C)CCCC2(C)C)n1. The minimum absolute atomic E-state index is 0.117. The fraction of sp³-hybridized carbons (Fsp3) is 0.765. The Bertz CT molecular complexity index is 562. The summed E-state index contributed by atoms with van der Waals surface area (Å²) in [5, 5.41) is 6.11. The summed E-state index contributed by atoms with van der Waals surface area (Å²) in [6, 6.07) is 1.86. The molecule has 130 valence electrons. The molecule has 0 bridgehead atoms. The zero-order valence-corrected chi connectivity index (χ0v) is 15.3. The Morgan fingerprint density at radius 2 is 1.78 bits per heavy atom. The second-order valence-electron chi connectivity index (χ2n) is 7.73. The van der Waals surface area contributed by atoms with Crippen molar-refractivity contribution in [3.8, 4) is 0 Å². The number of piperidine rings is 1. The number of hydroxylamine groups is 2. The van der Waals surface area contributed by atoms with Gasteiger partial charge in [0.05, 0.1) is 11.4 Å². The minimum Gasteiger partial charge on any atom is -0.316 e. The van der Waals surface area contributed by atoms with Gasteiger partial charge in [-0.05, 0) is 73.8 Å². The molecule has 23 heavy (non-hydrogen) atoms. The number of rotatable bonds is 4. The average molecular weight is 323 g/mol. The standard InChI is InChI=1S/C17H29N3O3/c1-12-11-13(2)19(18-12)23-15(21)14(3)22-20-16(4,5)9-8-10-17(20,6)7/h11,14H,8-10H2,1-7H3. The Labute approximate surface area is 138 Å². The van der Waals surface area contributed by atoms with Crippen LogP contribution in [0, 0.1) is 13.8 Å². The smallest absolute Gasteiger partial charge is 0.316 e. The van der Waals surface area contributed by atoms with Crippen LogP contribution in [0.15, 0.2) is 6.07 Å². The molecule has 1 unspecified atom stereocenters. The van der Waals surface area contributed by atoms with Crippen LogP contribution >= 0.6 is 0 Å². The van der Waals surface area contributed by atoms with E-state index in [-0.39, 0.29) is 11.1 Å². The summed E-state index contributed by atoms with van der Waals surface area (Å²) in [5.41, 5.74) is 1.35. The molecule has 1 aliphatic heterocycles. The maximum atomic E-state index is 12.3. The number of hydrogen-bond donors (Lipinski definition) is 0. The average Bonchev–Trinajstić information content (AvgIpc) is 2.71. The fourth-order valence-electron chi connectivity index (χ4n) is 3.32. The molecule has 1 aliphatic rings. The van der Waals surface area contributed by atoms with Gasteiger partial charge in [-0.3, -0.25) is 4.84 Å². The second-order valence-corrected chi connectivity index (χ2v) is 7.73. The molecule has 2 heterocycles. The first kappa shape index (κ1) is 17.9. The van der Waals surface area contributed by atoms with Gasteiger partial charge in [-0.25, -0.2) is 4.79 Å². The number of carbonyl (C=O) groups excluding carboxylic acids is 1. The third-order valence-electron chi connectivity index (χ3n) is 4.42. The summed E-state index contributed by atoms with van der Waals surface area (Å²) < 4.78 is 0. The van der Waals surface area contributed by atoms with Crippen LogP contribution in [0.3, 0.4) is 0 Å². The van der Waals surface area contributed by atoms with E-state index in [9.17, 15) is 4.79 Å². The second kappa shape index (κ2) is 6.24. The van der Waals surface area contributed by atoms with E-state index in [1.54, 1.807) is 6.92 Å². The van der Waals surface area contributed by atoms with Crippen LogP contribution in [-0.4, -0.2) is 38.2 Å². The number of aryl methyl sites for hydroxylation is 2. The Morgan fingerprint density at radius 1 is 1.22 bits per heavy atom. The molecule has 1 atom stereocenters. The maximum absolute atomic E-state index is 12.3. The maximum Gasteiger partial charge on any atom is 0.365 e. The number of aromatic nitrogens is 2. The number of nitrogens with zero attached hydrogens (tertiary/aromatic N) is 3. The quantitative estimate of drug-likeness (QED) is 0.853. The van der Waals surface area contributed by atoms with Crippen LogP contribution in [-0.2, 0) is 9.63 Å². The van der Waals surface area contributed by atoms with Crippen molar-refractivity contribution in [2.45, 2.75) is 84.9 Å². The van der Waals surface area contributed by atoms with Gasteiger partial charge < -0.3 is 4.84 Å². The van der Waals surface area contributed by atoms with Crippen molar-refractivity contribution in [1.82, 2.24) is 15.0 Å². The van der Waals surface area contributed by atoms with Crippen LogP contribution in [0.1, 0.15) is 65.3 Å². The van der Waals surface area contributed by atoms with Gasteiger partial charge in [0.2, 0.25) is 0 Å². The molecule has 0 aliphatic carbocycles. The minimum atomic E-state index is -0.699. The lowest BCUT2D eigenvalue weighted by Gasteiger charge is -2.51. The Morgan fingerprint density at radius 3 is 2.26 bits per heavy atom. The molecule has 1 saturated heterocycles. The molecular weight excluding hydrogens is 294 g/mol. The molecule has 0 aromatic carbocycles. The predicted octanol–water partition coefficient (Wildman–Crippen LogP) is 2.82. The number of hydrogen-bond acceptors (Lipinski definition) is 5. The first-order valence-corrected chi connectivity index (χ1v) is 8.25. The van der Waals surface area contributed by atoms with E-state index in [0.29, 0.717) is 0 Å². The third-order valence-corrected chi connectivity index (χ3v) is 4.42. The van der Waals surface area contributed by atoms with Gasteiger partial charge in [-0.1, -0.05) is 4.85 Å². The van der Waals surface area contributed by atoms with Crippen LogP contribution < -0.4 is 4.84 Å². The molecule has 0 saturated carbocycles. The Hall–Kier alpha value is -1.40. The van der Waals surface area contributed by atoms with Gasteiger partial charge >= 0.3 is 5.97 Å². The van der Waals surface area contributed by atoms with Crippen molar-refractivity contribution in [2.75, 3.05) is 0 Å². The van der Waals surface area contributed by atoms with Crippen molar-refractivity contribution in [3.63, 3.8) is 0 Å². The van der Waals surface area contributed by atoms with E-state index in [1.165, 1.54) is 4.85 Å². The summed E-state index contributed by atoms with van der Waals surface area (Å²) >= 11 is 0. The lowest BCUT2D eigenvalue weighted by molar-refractivity contribution is -0.299. The Kier molecular flexibility index (Phi) is 4.87. The molecule has 0 radical (unpaired) electrons. The molecule has 6 heteroatoms. The van der Waals surface area contributed by atoms with Crippen LogP contribution in [0.4, 0.5) is 0 Å². The predicted molar refractivity (Wildman–Crippen MR) is 87.7 cm³/mol. The van der Waals surface area contributed by atoms with Crippen molar-refractivity contribution in [1.29, 1.82) is 0 Å². The molecular formula is C17H29N3O3. The van der Waals surface area contributed by atoms with E-state index in [4.69, 9.17) is 9.68 Å². The zero-order valence-electron chi connectivity index (χ0n) is 15.3. The molecule has 1 aromatic rings. The highest BCUT2D eigenvalue weighted by atomic mass is 16.7. The van der Waals surface area contributed by atoms with Gasteiger partial charge in [-0.2, -0.15) is 5.06 Å². The summed E-state index contributed by atoms with van der Waals surface area (Å²) in [6.07, 6.45) is 2.53. The molecule has 0 spiro atoms. The summed E-state index contributed by atoms with van der Waals surface area (Å²) in [4.78, 5) is 24.9. The third kappa shape index (κ3) is 3.93. The number of carbonyl (C=O) groups is 1. The lowest BCUT2D eigenvalue weighted by atomic mass is 9.82. The Balaban J connectivity index is 2.06. The van der Waals surface area contributed by atoms with E-state index in [1.807, 2.05) is 25.0 Å². The molecule has 1 fully saturated rings. The van der Waals surface area contributed by atoms with Gasteiger partial charge in [0.1, 0.15) is 0 Å². The van der Waals surface area contributed by atoms with Crippen LogP contribution in [0.2, 0.25) is 0 Å². The molecule has 0 amide bonds. The van der Waals surface area contributed by atoms with Crippen LogP contribution in [0.5, 0.6) is 0 Å². The monoisotopic (exact) mass is 323 g/mol. The van der Waals surface area contributed by atoms with Gasteiger partial charge in [-0.15, -0.1) is 5.10 Å². The normalized spacial score (nSPS) is 21.9. The van der Waals surface area contributed by atoms with Crippen molar-refractivity contribution < 1.29 is 14.5 Å². The van der Waals surface area contributed by atoms with E-state index < -0.39 is 12.1 Å². The zero-order chi connectivity index (χ0) is 17.4. The van der Waals surface area contributed by atoms with Crippen molar-refractivity contribution in [3.05, 3.63) is 17.5 Å². The van der Waals surface area contributed by atoms with E-state index in [2.05, 4.69) is 32.8 Å². The van der Waals surface area contributed by atoms with Crippen molar-refractivity contribution >= 4 is 5.97 Å². The first-order valence-electron chi connectivity index (χ1n) is 8.25. The highest BCUT2D eigenvalue weighted by Gasteiger charge is 2.44. The molecule has 2 rings (SSSR count). The van der Waals surface area contributed by atoms with Crippen molar-refractivity contribution in [2.24, 2.45) is 0 Å². The first-order chi connectivity index (χ1) is 10.5. The molecule has 6 nitrogen and oxygen atoms in total. The van der Waals surface area contributed by atoms with Gasteiger partial charge in [0.15, 0.2) is 6.10 Å². The summed E-state index contributed by atoms with van der Waals surface area (Å²) in [5.74, 6) is -0.451. The summed E-state index contributed by atoms with van der Waals surface area (Å²) in [7, 11) is 0. The van der Waals surface area contributed by atoms with Gasteiger partial charge in [0.25, 0.3) is 0 Å². The highest BCUT2D eigenvalue weighted by Crippen LogP contribution is 2.38. The highest BCUT2D eigenvalue weighted by molar-refractivity contribution is 5.74. The van der Waals surface area contributed by atoms with E-state index in [0.717, 1.165) is 30.7 Å². The van der Waals surface area contributed by atoms with Crippen LogP contribution in [0.25, 0.3) is 0 Å². The summed E-state index contributed by atoms with van der Waals surface area (Å²) in [6.45, 7) is 14.0. The fourth-order valence-corrected chi connectivity index (χ4v) is 3.32. The lowest BCUT2D eigenvalue weighted by Crippen LogP contribution is -2.59. The largest absolute Gasteiger partial charge is 0.365 e.